The molecule has 2 saturated heterocycles. The van der Waals surface area contributed by atoms with Crippen LogP contribution in [0.5, 0.6) is 0 Å². The smallest absolute Gasteiger partial charge is 0.241 e. The van der Waals surface area contributed by atoms with Gasteiger partial charge in [-0.25, -0.2) is 23.9 Å². The van der Waals surface area contributed by atoms with Crippen molar-refractivity contribution in [1.82, 2.24) is 34.0 Å². The second kappa shape index (κ2) is 8.53. The minimum absolute atomic E-state index is 0. The molecule has 0 amide bonds. The van der Waals surface area contributed by atoms with Crippen molar-refractivity contribution in [1.29, 1.82) is 0 Å². The quantitative estimate of drug-likeness (QED) is 0.463. The van der Waals surface area contributed by atoms with Crippen molar-refractivity contribution in [2.24, 2.45) is 5.92 Å². The molecule has 6 heterocycles. The second-order valence-electron chi connectivity index (χ2n) is 10.1. The number of imidazole rings is 1. The highest BCUT2D eigenvalue weighted by atomic mass is 19.1. The van der Waals surface area contributed by atoms with Crippen molar-refractivity contribution in [3.63, 3.8) is 0 Å². The number of hydrogen-bond acceptors (Lipinski definition) is 7. The van der Waals surface area contributed by atoms with Crippen molar-refractivity contribution >= 4 is 22.6 Å². The highest BCUT2D eigenvalue weighted by Crippen LogP contribution is 2.30. The summed E-state index contributed by atoms with van der Waals surface area (Å²) < 4.78 is 24.2. The lowest BCUT2D eigenvalue weighted by molar-refractivity contribution is -0.0763. The minimum Gasteiger partial charge on any atom is -0.378 e. The Morgan fingerprint density at radius 2 is 2.06 bits per heavy atom. The molecule has 1 N–H and O–H groups in total. The Labute approximate surface area is 204 Å². The van der Waals surface area contributed by atoms with Gasteiger partial charge in [0.1, 0.15) is 11.3 Å². The van der Waals surface area contributed by atoms with Crippen LogP contribution in [0, 0.1) is 18.7 Å². The molecule has 0 bridgehead atoms. The summed E-state index contributed by atoms with van der Waals surface area (Å²) in [6.45, 7) is 12.1. The lowest BCUT2D eigenvalue weighted by atomic mass is 9.92. The van der Waals surface area contributed by atoms with Gasteiger partial charge in [0.2, 0.25) is 5.95 Å². The van der Waals surface area contributed by atoms with Gasteiger partial charge < -0.3 is 14.6 Å². The molecule has 0 unspecified atom stereocenters. The zero-order valence-corrected chi connectivity index (χ0v) is 20.6. The molecule has 4 aromatic heterocycles. The van der Waals surface area contributed by atoms with E-state index in [1.165, 1.54) is 6.20 Å². The first-order valence-electron chi connectivity index (χ1n) is 12.4. The number of rotatable bonds is 5. The third-order valence-electron chi connectivity index (χ3n) is 7.36. The summed E-state index contributed by atoms with van der Waals surface area (Å²) in [5, 5.41) is 8.06. The van der Waals surface area contributed by atoms with E-state index in [9.17, 15) is 0 Å². The molecule has 2 aliphatic heterocycles. The molecule has 2 aliphatic rings. The van der Waals surface area contributed by atoms with Gasteiger partial charge in [0, 0.05) is 26.6 Å². The zero-order valence-electron chi connectivity index (χ0n) is 20.6. The van der Waals surface area contributed by atoms with Crippen LogP contribution < -0.4 is 5.32 Å². The molecule has 9 nitrogen and oxygen atoms in total. The van der Waals surface area contributed by atoms with Gasteiger partial charge in [-0.3, -0.25) is 4.90 Å². The molecule has 0 saturated carbocycles. The summed E-state index contributed by atoms with van der Waals surface area (Å²) in [6, 6.07) is 4.74. The molecule has 35 heavy (non-hydrogen) atoms. The Morgan fingerprint density at radius 1 is 1.23 bits per heavy atom. The summed E-state index contributed by atoms with van der Waals surface area (Å²) in [7, 11) is 0. The first-order valence-corrected chi connectivity index (χ1v) is 12.4. The fourth-order valence-electron chi connectivity index (χ4n) is 5.42. The number of hydrogen-bond donors (Lipinski definition) is 1. The largest absolute Gasteiger partial charge is 0.378 e. The third-order valence-corrected chi connectivity index (χ3v) is 7.36. The zero-order chi connectivity index (χ0) is 24.3. The average molecular weight is 481 g/mol. The number of ether oxygens (including phenoxy) is 1. The first-order chi connectivity index (χ1) is 16.9. The van der Waals surface area contributed by atoms with E-state index in [0.29, 0.717) is 34.7 Å². The van der Waals surface area contributed by atoms with E-state index in [0.717, 1.165) is 49.7 Å². The Morgan fingerprint density at radius 3 is 2.77 bits per heavy atom. The molecule has 0 aromatic carbocycles. The summed E-state index contributed by atoms with van der Waals surface area (Å²) in [6.07, 6.45) is 4.09. The number of piperidine rings is 1. The molecular weight excluding hydrogens is 447 g/mol. The van der Waals surface area contributed by atoms with Crippen LogP contribution in [-0.4, -0.2) is 72.4 Å². The lowest BCUT2D eigenvalue weighted by Crippen LogP contribution is -2.55. The minimum atomic E-state index is -0.375. The lowest BCUT2D eigenvalue weighted by Gasteiger charge is -2.44. The molecule has 10 heteroatoms. The molecule has 2 atom stereocenters. The van der Waals surface area contributed by atoms with Crippen molar-refractivity contribution in [3.8, 4) is 11.3 Å². The topological polar surface area (TPSA) is 85.4 Å². The van der Waals surface area contributed by atoms with Gasteiger partial charge >= 0.3 is 0 Å². The highest BCUT2D eigenvalue weighted by molar-refractivity contribution is 5.83. The number of aromatic nitrogens is 6. The SMILES string of the molecule is Cc1nc2ccc(-c3c(F)cn4nc(N[C@H]5CCN(C6COC6)C[C@H]5C)ncc34)nc2n1C(C)C.[HH]. The van der Waals surface area contributed by atoms with Gasteiger partial charge in [0.15, 0.2) is 11.5 Å². The number of aryl methyl sites for hydroxylation is 1. The van der Waals surface area contributed by atoms with E-state index in [2.05, 4.69) is 50.6 Å². The number of nitrogens with zero attached hydrogens (tertiary/aromatic N) is 7. The predicted octanol–water partition coefficient (Wildman–Crippen LogP) is 3.94. The average Bonchev–Trinajstić information content (AvgIpc) is 3.28. The molecular formula is C25H33FN8O. The van der Waals surface area contributed by atoms with Crippen LogP contribution in [0.25, 0.3) is 27.9 Å². The van der Waals surface area contributed by atoms with E-state index in [-0.39, 0.29) is 19.3 Å². The van der Waals surface area contributed by atoms with Crippen LogP contribution in [0.2, 0.25) is 0 Å². The van der Waals surface area contributed by atoms with Gasteiger partial charge in [0.25, 0.3) is 0 Å². The van der Waals surface area contributed by atoms with Crippen LogP contribution in [0.1, 0.15) is 40.5 Å². The normalized spacial score (nSPS) is 21.8. The van der Waals surface area contributed by atoms with E-state index >= 15 is 4.39 Å². The van der Waals surface area contributed by atoms with Crippen LogP contribution >= 0.6 is 0 Å². The number of anilines is 1. The van der Waals surface area contributed by atoms with Crippen molar-refractivity contribution in [3.05, 3.63) is 36.2 Å². The van der Waals surface area contributed by atoms with Crippen LogP contribution in [0.15, 0.2) is 24.5 Å². The van der Waals surface area contributed by atoms with Crippen LogP contribution in [-0.2, 0) is 4.74 Å². The van der Waals surface area contributed by atoms with E-state index in [1.54, 1.807) is 10.7 Å². The first kappa shape index (κ1) is 22.4. The van der Waals surface area contributed by atoms with Crippen LogP contribution in [0.3, 0.4) is 0 Å². The van der Waals surface area contributed by atoms with E-state index in [1.807, 2.05) is 19.1 Å². The maximum absolute atomic E-state index is 15.2. The molecule has 0 aliphatic carbocycles. The molecule has 186 valence electrons. The molecule has 2 fully saturated rings. The molecule has 4 aromatic rings. The second-order valence-corrected chi connectivity index (χ2v) is 10.1. The number of likely N-dealkylation sites (tertiary alicyclic amines) is 1. The number of fused-ring (bicyclic) bond motifs is 2. The third kappa shape index (κ3) is 3.84. The van der Waals surface area contributed by atoms with Crippen molar-refractivity contribution < 1.29 is 10.6 Å². The number of pyridine rings is 1. The fraction of sp³-hybridized carbons (Fsp3) is 0.520. The Hall–Kier alpha value is -3.11. The maximum atomic E-state index is 15.2. The van der Waals surface area contributed by atoms with Gasteiger partial charge in [-0.2, -0.15) is 0 Å². The summed E-state index contributed by atoms with van der Waals surface area (Å²) in [5.74, 6) is 1.47. The highest BCUT2D eigenvalue weighted by Gasteiger charge is 2.33. The summed E-state index contributed by atoms with van der Waals surface area (Å²) in [5.41, 5.74) is 3.08. The predicted molar refractivity (Wildman–Crippen MR) is 134 cm³/mol. The Balaban J connectivity index is 0.00000267. The van der Waals surface area contributed by atoms with Gasteiger partial charge in [-0.05, 0) is 45.2 Å². The molecule has 0 spiro atoms. The summed E-state index contributed by atoms with van der Waals surface area (Å²) >= 11 is 0. The molecule has 6 rings (SSSR count). The standard InChI is InChI=1S/C25H31FN8O.H2/c1-14(2)34-16(4)28-21-6-5-20(29-24(21)34)23-18(26)11-33-22(23)9-27-25(31-33)30-19-7-8-32(10-15(19)3)17-12-35-13-17;/h5-6,9,11,14-15,17,19H,7-8,10,12-13H2,1-4H3,(H,30,31);1H/t15-,19+;/m1./s1. The van der Waals surface area contributed by atoms with E-state index < -0.39 is 0 Å². The Bertz CT molecular complexity index is 1400. The maximum Gasteiger partial charge on any atom is 0.241 e. The van der Waals surface area contributed by atoms with Crippen molar-refractivity contribution in [2.75, 3.05) is 31.6 Å². The monoisotopic (exact) mass is 480 g/mol. The van der Waals surface area contributed by atoms with Gasteiger partial charge in [-0.1, -0.05) is 6.92 Å². The van der Waals surface area contributed by atoms with Crippen LogP contribution in [0.4, 0.5) is 10.3 Å². The summed E-state index contributed by atoms with van der Waals surface area (Å²) in [4.78, 5) is 16.4. The van der Waals surface area contributed by atoms with Gasteiger partial charge in [-0.15, -0.1) is 5.10 Å². The fourth-order valence-corrected chi connectivity index (χ4v) is 5.42. The number of nitrogens with one attached hydrogen (secondary N) is 1. The molecule has 0 radical (unpaired) electrons. The van der Waals surface area contributed by atoms with Gasteiger partial charge in [0.05, 0.1) is 48.4 Å². The number of halogens is 1. The van der Waals surface area contributed by atoms with E-state index in [4.69, 9.17) is 9.72 Å². The van der Waals surface area contributed by atoms with Crippen molar-refractivity contribution in [2.45, 2.75) is 52.2 Å². The Kier molecular flexibility index (Phi) is 5.45.